The number of para-hydroxylation sites is 2. The van der Waals surface area contributed by atoms with Gasteiger partial charge in [0.25, 0.3) is 0 Å². The number of benzene rings is 6. The highest BCUT2D eigenvalue weighted by atomic mass is 32.2. The van der Waals surface area contributed by atoms with Gasteiger partial charge in [0.15, 0.2) is 17.5 Å². The van der Waals surface area contributed by atoms with Crippen LogP contribution in [-0.4, -0.2) is 19.5 Å². The molecule has 0 N–H and O–H groups in total. The zero-order chi connectivity index (χ0) is 36.3. The summed E-state index contributed by atoms with van der Waals surface area (Å²) in [6, 6.07) is 49.4. The summed E-state index contributed by atoms with van der Waals surface area (Å²) >= 11 is 1.89. The smallest absolute Gasteiger partial charge is 0.164 e. The molecule has 2 aromatic heterocycles. The van der Waals surface area contributed by atoms with Gasteiger partial charge >= 0.3 is 0 Å². The maximum atomic E-state index is 5.29. The topological polar surface area (TPSA) is 43.6 Å². The number of nitrogens with zero attached hydrogens (tertiary/aromatic N) is 4. The molecule has 0 saturated heterocycles. The van der Waals surface area contributed by atoms with Crippen molar-refractivity contribution < 1.29 is 0 Å². The molecule has 5 heteroatoms. The molecule has 0 spiro atoms. The SMILES string of the molecule is C1=CC(c2cccc3c2CCC=C3)=C2CC(=C1)c1c(cccc1-c1nc(-c3ccccc3)nc(-c3cccc(-n4c5ccccc5c5ccccc54)c3)n1)S2. The van der Waals surface area contributed by atoms with Gasteiger partial charge in [-0.15, -0.1) is 0 Å². The molecule has 0 unspecified atom stereocenters. The molecular weight excluding hydrogens is 689 g/mol. The maximum Gasteiger partial charge on any atom is 0.164 e. The Balaban J connectivity index is 1.06. The van der Waals surface area contributed by atoms with Crippen LogP contribution in [0.1, 0.15) is 35.1 Å². The molecule has 1 aliphatic heterocycles. The first-order chi connectivity index (χ1) is 27.3. The largest absolute Gasteiger partial charge is 0.309 e. The van der Waals surface area contributed by atoms with Crippen LogP contribution in [0.15, 0.2) is 174 Å². The molecular formula is C50H34N4S. The van der Waals surface area contributed by atoms with E-state index in [4.69, 9.17) is 15.0 Å². The lowest BCUT2D eigenvalue weighted by molar-refractivity contribution is 0.980. The minimum absolute atomic E-state index is 0.646. The number of hydrogen-bond acceptors (Lipinski definition) is 4. The molecule has 0 saturated carbocycles. The Bertz CT molecular complexity index is 2930. The first kappa shape index (κ1) is 31.9. The van der Waals surface area contributed by atoms with Gasteiger partial charge in [-0.05, 0) is 71.0 Å². The van der Waals surface area contributed by atoms with Crippen molar-refractivity contribution in [3.05, 3.63) is 191 Å². The Kier molecular flexibility index (Phi) is 7.59. The highest BCUT2D eigenvalue weighted by Crippen LogP contribution is 2.51. The van der Waals surface area contributed by atoms with Crippen molar-refractivity contribution in [1.82, 2.24) is 19.5 Å². The van der Waals surface area contributed by atoms with Crippen molar-refractivity contribution in [2.24, 2.45) is 0 Å². The number of fused-ring (bicyclic) bond motifs is 8. The zero-order valence-corrected chi connectivity index (χ0v) is 30.8. The monoisotopic (exact) mass is 722 g/mol. The maximum absolute atomic E-state index is 5.29. The average Bonchev–Trinajstić information content (AvgIpc) is 3.49. The molecule has 11 rings (SSSR count). The molecule has 3 heterocycles. The van der Waals surface area contributed by atoms with E-state index < -0.39 is 0 Å². The molecule has 6 aromatic carbocycles. The van der Waals surface area contributed by atoms with Crippen molar-refractivity contribution in [3.63, 3.8) is 0 Å². The second kappa shape index (κ2) is 13.1. The van der Waals surface area contributed by atoms with Crippen LogP contribution in [0.25, 0.3) is 78.9 Å². The number of rotatable bonds is 5. The van der Waals surface area contributed by atoms with Crippen LogP contribution in [0.3, 0.4) is 0 Å². The zero-order valence-electron chi connectivity index (χ0n) is 30.0. The van der Waals surface area contributed by atoms with Crippen LogP contribution in [0.2, 0.25) is 0 Å². The fourth-order valence-electron chi connectivity index (χ4n) is 8.51. The molecule has 55 heavy (non-hydrogen) atoms. The Morgan fingerprint density at radius 3 is 2.11 bits per heavy atom. The molecule has 2 aliphatic carbocycles. The third-order valence-corrected chi connectivity index (χ3v) is 12.2. The van der Waals surface area contributed by atoms with Crippen LogP contribution in [0.5, 0.6) is 0 Å². The van der Waals surface area contributed by atoms with Crippen molar-refractivity contribution in [2.45, 2.75) is 24.2 Å². The summed E-state index contributed by atoms with van der Waals surface area (Å²) in [5.74, 6) is 1.98. The van der Waals surface area contributed by atoms with E-state index in [0.717, 1.165) is 41.6 Å². The van der Waals surface area contributed by atoms with E-state index in [2.05, 4.69) is 156 Å². The van der Waals surface area contributed by atoms with E-state index in [-0.39, 0.29) is 0 Å². The van der Waals surface area contributed by atoms with Crippen molar-refractivity contribution in [2.75, 3.05) is 0 Å². The molecule has 2 bridgehead atoms. The minimum Gasteiger partial charge on any atom is -0.309 e. The predicted molar refractivity (Wildman–Crippen MR) is 229 cm³/mol. The van der Waals surface area contributed by atoms with Gasteiger partial charge in [0, 0.05) is 54.9 Å². The second-order valence-electron chi connectivity index (χ2n) is 14.3. The van der Waals surface area contributed by atoms with E-state index in [0.29, 0.717) is 17.5 Å². The molecule has 0 fully saturated rings. The first-order valence-electron chi connectivity index (χ1n) is 18.9. The molecule has 8 aromatic rings. The number of hydrogen-bond donors (Lipinski definition) is 0. The second-order valence-corrected chi connectivity index (χ2v) is 15.4. The summed E-state index contributed by atoms with van der Waals surface area (Å²) in [5, 5.41) is 2.47. The molecule has 0 amide bonds. The highest BCUT2D eigenvalue weighted by molar-refractivity contribution is 8.03. The van der Waals surface area contributed by atoms with Crippen LogP contribution < -0.4 is 0 Å². The lowest BCUT2D eigenvalue weighted by Gasteiger charge is -2.25. The number of thioether (sulfide) groups is 1. The van der Waals surface area contributed by atoms with Crippen LogP contribution in [0.4, 0.5) is 0 Å². The normalized spacial score (nSPS) is 14.5. The van der Waals surface area contributed by atoms with Crippen LogP contribution in [0, 0.1) is 0 Å². The molecule has 3 aliphatic rings. The predicted octanol–water partition coefficient (Wildman–Crippen LogP) is 12.8. The summed E-state index contributed by atoms with van der Waals surface area (Å²) in [7, 11) is 0. The van der Waals surface area contributed by atoms with Gasteiger partial charge in [-0.3, -0.25) is 0 Å². The summed E-state index contributed by atoms with van der Waals surface area (Å²) < 4.78 is 2.34. The minimum atomic E-state index is 0.646. The number of aromatic nitrogens is 4. The third kappa shape index (κ3) is 5.42. The van der Waals surface area contributed by atoms with Gasteiger partial charge in [-0.25, -0.2) is 15.0 Å². The molecule has 260 valence electrons. The van der Waals surface area contributed by atoms with E-state index in [9.17, 15) is 0 Å². The quantitative estimate of drug-likeness (QED) is 0.177. The van der Waals surface area contributed by atoms with Crippen molar-refractivity contribution in [1.29, 1.82) is 0 Å². The van der Waals surface area contributed by atoms with Crippen molar-refractivity contribution in [3.8, 4) is 39.9 Å². The number of allylic oxidation sites excluding steroid dienone is 7. The Labute approximate surface area is 324 Å². The van der Waals surface area contributed by atoms with Crippen LogP contribution >= 0.6 is 11.8 Å². The summed E-state index contributed by atoms with van der Waals surface area (Å²) in [6.45, 7) is 0. The van der Waals surface area contributed by atoms with Gasteiger partial charge in [0.1, 0.15) is 0 Å². The fourth-order valence-corrected chi connectivity index (χ4v) is 9.78. The Morgan fingerprint density at radius 1 is 0.582 bits per heavy atom. The average molecular weight is 723 g/mol. The van der Waals surface area contributed by atoms with Crippen molar-refractivity contribution >= 4 is 50.8 Å². The fraction of sp³-hybridized carbons (Fsp3) is 0.0600. The first-order valence-corrected chi connectivity index (χ1v) is 19.7. The molecule has 0 atom stereocenters. The lowest BCUT2D eigenvalue weighted by atomic mass is 9.88. The van der Waals surface area contributed by atoms with Gasteiger partial charge in [-0.2, -0.15) is 0 Å². The Morgan fingerprint density at radius 2 is 1.27 bits per heavy atom. The van der Waals surface area contributed by atoms with E-state index in [1.165, 1.54) is 65.0 Å². The van der Waals surface area contributed by atoms with Gasteiger partial charge in [-0.1, -0.05) is 151 Å². The summed E-state index contributed by atoms with van der Waals surface area (Å²) in [5.41, 5.74) is 14.3. The highest BCUT2D eigenvalue weighted by Gasteiger charge is 2.28. The van der Waals surface area contributed by atoms with Gasteiger partial charge in [0.2, 0.25) is 0 Å². The standard InChI is InChI=1S/C50H34N4S/c1-2-15-33(16-3-1)48-51-49(35-19-10-20-36(30-35)54-43-27-8-6-22-39(43)40-23-7-9-28-44(40)54)53-50(52-48)42-26-13-29-45-47(42)34-18-12-25-41(46(31-34)55-45)38-24-11-17-32-14-4-5-21-37(32)38/h1-4,6-20,22-30H,5,21,31H2. The Hall–Kier alpha value is -6.56. The van der Waals surface area contributed by atoms with E-state index in [1.54, 1.807) is 0 Å². The van der Waals surface area contributed by atoms with Gasteiger partial charge in [0.05, 0.1) is 11.0 Å². The lowest BCUT2D eigenvalue weighted by Crippen LogP contribution is -2.05. The molecule has 0 radical (unpaired) electrons. The van der Waals surface area contributed by atoms with E-state index >= 15 is 0 Å². The molecule has 4 nitrogen and oxygen atoms in total. The third-order valence-electron chi connectivity index (χ3n) is 11.0. The van der Waals surface area contributed by atoms with Crippen LogP contribution in [-0.2, 0) is 6.42 Å². The summed E-state index contributed by atoms with van der Waals surface area (Å²) in [6.07, 6.45) is 14.4. The van der Waals surface area contributed by atoms with Gasteiger partial charge < -0.3 is 4.57 Å². The van der Waals surface area contributed by atoms with E-state index in [1.807, 2.05) is 30.0 Å². The summed E-state index contributed by atoms with van der Waals surface area (Å²) in [4.78, 5) is 18.2.